The van der Waals surface area contributed by atoms with Crippen LogP contribution in [0.5, 0.6) is 0 Å². The summed E-state index contributed by atoms with van der Waals surface area (Å²) in [6, 6.07) is 0. The number of ketones is 1. The van der Waals surface area contributed by atoms with Crippen molar-refractivity contribution >= 4 is 12.0 Å². The van der Waals surface area contributed by atoms with E-state index in [1.165, 1.54) is 0 Å². The summed E-state index contributed by atoms with van der Waals surface area (Å²) >= 11 is 0. The SMILES string of the molecule is O=C1CC=NC=C1N1CCNCC1. The highest BCUT2D eigenvalue weighted by Gasteiger charge is 2.19. The molecule has 4 nitrogen and oxygen atoms in total. The van der Waals surface area contributed by atoms with Gasteiger partial charge in [0, 0.05) is 38.8 Å². The molecule has 2 heterocycles. The van der Waals surface area contributed by atoms with E-state index in [4.69, 9.17) is 0 Å². The van der Waals surface area contributed by atoms with Crippen molar-refractivity contribution in [2.75, 3.05) is 26.2 Å². The monoisotopic (exact) mass is 179 g/mol. The van der Waals surface area contributed by atoms with E-state index in [0.717, 1.165) is 31.9 Å². The van der Waals surface area contributed by atoms with Gasteiger partial charge in [-0.2, -0.15) is 0 Å². The van der Waals surface area contributed by atoms with Crippen LogP contribution in [0, 0.1) is 0 Å². The van der Waals surface area contributed by atoms with Crippen molar-refractivity contribution in [2.24, 2.45) is 4.99 Å². The highest BCUT2D eigenvalue weighted by atomic mass is 16.1. The third kappa shape index (κ3) is 1.78. The van der Waals surface area contributed by atoms with E-state index in [2.05, 4.69) is 15.2 Å². The van der Waals surface area contributed by atoms with Gasteiger partial charge in [0.25, 0.3) is 0 Å². The first-order chi connectivity index (χ1) is 6.38. The Morgan fingerprint density at radius 3 is 2.85 bits per heavy atom. The van der Waals surface area contributed by atoms with Gasteiger partial charge in [0.2, 0.25) is 0 Å². The third-order valence-electron chi connectivity index (χ3n) is 2.32. The zero-order valence-electron chi connectivity index (χ0n) is 7.49. The third-order valence-corrected chi connectivity index (χ3v) is 2.32. The van der Waals surface area contributed by atoms with Crippen LogP contribution in [0.2, 0.25) is 0 Å². The molecule has 2 rings (SSSR count). The van der Waals surface area contributed by atoms with Crippen molar-refractivity contribution in [3.05, 3.63) is 11.9 Å². The summed E-state index contributed by atoms with van der Waals surface area (Å²) < 4.78 is 0. The molecular weight excluding hydrogens is 166 g/mol. The molecule has 0 aliphatic carbocycles. The number of piperazine rings is 1. The lowest BCUT2D eigenvalue weighted by molar-refractivity contribution is -0.116. The number of hydrogen-bond acceptors (Lipinski definition) is 4. The molecule has 0 saturated carbocycles. The zero-order chi connectivity index (χ0) is 9.10. The maximum absolute atomic E-state index is 11.5. The van der Waals surface area contributed by atoms with Gasteiger partial charge < -0.3 is 10.2 Å². The van der Waals surface area contributed by atoms with Crippen molar-refractivity contribution in [1.82, 2.24) is 10.2 Å². The zero-order valence-corrected chi connectivity index (χ0v) is 7.49. The molecule has 1 saturated heterocycles. The van der Waals surface area contributed by atoms with E-state index in [1.54, 1.807) is 12.4 Å². The summed E-state index contributed by atoms with van der Waals surface area (Å²) in [5.74, 6) is 0.192. The fourth-order valence-electron chi connectivity index (χ4n) is 1.60. The van der Waals surface area contributed by atoms with Gasteiger partial charge in [-0.05, 0) is 0 Å². The van der Waals surface area contributed by atoms with Gasteiger partial charge in [-0.25, -0.2) is 0 Å². The number of carbonyl (C=O) groups excluding carboxylic acids is 1. The molecule has 70 valence electrons. The summed E-state index contributed by atoms with van der Waals surface area (Å²) in [6.07, 6.45) is 3.79. The van der Waals surface area contributed by atoms with Crippen molar-refractivity contribution in [1.29, 1.82) is 0 Å². The summed E-state index contributed by atoms with van der Waals surface area (Å²) in [7, 11) is 0. The molecule has 0 unspecified atom stereocenters. The molecule has 2 aliphatic heterocycles. The van der Waals surface area contributed by atoms with Gasteiger partial charge >= 0.3 is 0 Å². The molecule has 0 atom stereocenters. The molecule has 2 aliphatic rings. The topological polar surface area (TPSA) is 44.7 Å². The van der Waals surface area contributed by atoms with E-state index in [0.29, 0.717) is 6.42 Å². The van der Waals surface area contributed by atoms with Gasteiger partial charge in [-0.3, -0.25) is 9.79 Å². The highest BCUT2D eigenvalue weighted by Crippen LogP contribution is 2.11. The van der Waals surface area contributed by atoms with E-state index in [1.807, 2.05) is 0 Å². The van der Waals surface area contributed by atoms with Gasteiger partial charge in [0.1, 0.15) is 0 Å². The van der Waals surface area contributed by atoms with E-state index < -0.39 is 0 Å². The van der Waals surface area contributed by atoms with Crippen LogP contribution in [0.15, 0.2) is 16.9 Å². The van der Waals surface area contributed by atoms with Crippen LogP contribution in [0.3, 0.4) is 0 Å². The standard InChI is InChI=1S/C9H13N3O/c13-9-1-2-11-7-8(9)12-5-3-10-4-6-12/h2,7,10H,1,3-6H2. The lowest BCUT2D eigenvalue weighted by Crippen LogP contribution is -2.44. The van der Waals surface area contributed by atoms with E-state index >= 15 is 0 Å². The molecule has 0 bridgehead atoms. The second kappa shape index (κ2) is 3.70. The maximum Gasteiger partial charge on any atom is 0.185 e. The summed E-state index contributed by atoms with van der Waals surface area (Å²) in [5, 5.41) is 3.25. The van der Waals surface area contributed by atoms with Gasteiger partial charge in [-0.1, -0.05) is 0 Å². The number of nitrogens with one attached hydrogen (secondary N) is 1. The van der Waals surface area contributed by atoms with Crippen molar-refractivity contribution in [2.45, 2.75) is 6.42 Å². The van der Waals surface area contributed by atoms with Crippen LogP contribution in [-0.2, 0) is 4.79 Å². The molecule has 0 radical (unpaired) electrons. The Morgan fingerprint density at radius 2 is 2.15 bits per heavy atom. The number of aliphatic imine (C=N–C) groups is 1. The molecule has 1 N–H and O–H groups in total. The van der Waals surface area contributed by atoms with Crippen LogP contribution in [0.25, 0.3) is 0 Å². The number of carbonyl (C=O) groups is 1. The molecule has 0 spiro atoms. The van der Waals surface area contributed by atoms with E-state index in [9.17, 15) is 4.79 Å². The van der Waals surface area contributed by atoms with Gasteiger partial charge in [0.05, 0.1) is 11.9 Å². The Balaban J connectivity index is 2.09. The summed E-state index contributed by atoms with van der Waals surface area (Å²) in [5.41, 5.74) is 0.781. The van der Waals surface area contributed by atoms with Crippen molar-refractivity contribution in [3.63, 3.8) is 0 Å². The molecule has 0 aromatic heterocycles. The Hall–Kier alpha value is -1.16. The van der Waals surface area contributed by atoms with Crippen LogP contribution < -0.4 is 5.32 Å². The van der Waals surface area contributed by atoms with Crippen LogP contribution >= 0.6 is 0 Å². The first-order valence-corrected chi connectivity index (χ1v) is 4.58. The first-order valence-electron chi connectivity index (χ1n) is 4.58. The molecule has 0 aromatic carbocycles. The number of hydrogen-bond donors (Lipinski definition) is 1. The Morgan fingerprint density at radius 1 is 1.38 bits per heavy atom. The summed E-state index contributed by atoms with van der Waals surface area (Å²) in [6.45, 7) is 3.73. The highest BCUT2D eigenvalue weighted by molar-refractivity contribution is 6.04. The number of rotatable bonds is 1. The Kier molecular flexibility index (Phi) is 2.40. The fourth-order valence-corrected chi connectivity index (χ4v) is 1.60. The molecule has 4 heteroatoms. The normalized spacial score (nSPS) is 23.2. The quantitative estimate of drug-likeness (QED) is 0.605. The predicted octanol–water partition coefficient (Wildman–Crippen LogP) is -0.223. The van der Waals surface area contributed by atoms with Crippen LogP contribution in [0.4, 0.5) is 0 Å². The number of allylic oxidation sites excluding steroid dienone is 1. The minimum Gasteiger partial charge on any atom is -0.365 e. The van der Waals surface area contributed by atoms with E-state index in [-0.39, 0.29) is 5.78 Å². The number of nitrogens with zero attached hydrogens (tertiary/aromatic N) is 2. The minimum atomic E-state index is 0.192. The minimum absolute atomic E-state index is 0.192. The average molecular weight is 179 g/mol. The lowest BCUT2D eigenvalue weighted by Gasteiger charge is -2.30. The predicted molar refractivity (Wildman–Crippen MR) is 50.6 cm³/mol. The maximum atomic E-state index is 11.5. The Labute approximate surface area is 77.3 Å². The smallest absolute Gasteiger partial charge is 0.185 e. The molecule has 0 amide bonds. The average Bonchev–Trinajstić information content (AvgIpc) is 2.20. The fraction of sp³-hybridized carbons (Fsp3) is 0.556. The second-order valence-corrected chi connectivity index (χ2v) is 3.21. The molecular formula is C9H13N3O. The number of Topliss-reactive ketones (excluding diaryl/α,β-unsaturated/α-hetero) is 1. The largest absolute Gasteiger partial charge is 0.365 e. The van der Waals surface area contributed by atoms with Gasteiger partial charge in [0.15, 0.2) is 5.78 Å². The van der Waals surface area contributed by atoms with Crippen molar-refractivity contribution in [3.8, 4) is 0 Å². The Bertz CT molecular complexity index is 264. The second-order valence-electron chi connectivity index (χ2n) is 3.21. The summed E-state index contributed by atoms with van der Waals surface area (Å²) in [4.78, 5) is 17.6. The van der Waals surface area contributed by atoms with Gasteiger partial charge in [-0.15, -0.1) is 0 Å². The van der Waals surface area contributed by atoms with Crippen LogP contribution in [0.1, 0.15) is 6.42 Å². The molecule has 0 aromatic rings. The first kappa shape index (κ1) is 8.44. The molecule has 1 fully saturated rings. The lowest BCUT2D eigenvalue weighted by atomic mass is 10.1. The van der Waals surface area contributed by atoms with Crippen molar-refractivity contribution < 1.29 is 4.79 Å². The molecule has 13 heavy (non-hydrogen) atoms. The van der Waals surface area contributed by atoms with Crippen LogP contribution in [-0.4, -0.2) is 43.1 Å².